The van der Waals surface area contributed by atoms with Crippen molar-refractivity contribution in [1.82, 2.24) is 14.9 Å². The van der Waals surface area contributed by atoms with Crippen LogP contribution in [0.1, 0.15) is 18.4 Å². The van der Waals surface area contributed by atoms with Gasteiger partial charge in [0.1, 0.15) is 0 Å². The average molecular weight is 297 g/mol. The summed E-state index contributed by atoms with van der Waals surface area (Å²) in [5.41, 5.74) is 1.93. The molecule has 1 aromatic heterocycles. The van der Waals surface area contributed by atoms with E-state index in [1.54, 1.807) is 18.6 Å². The van der Waals surface area contributed by atoms with Crippen LogP contribution in [-0.4, -0.2) is 33.7 Å². The van der Waals surface area contributed by atoms with Gasteiger partial charge in [0, 0.05) is 36.1 Å². The SMILES string of the molecule is O=C(/C=C/c1ccc(-n2ccnc2)cc1)NCC1(CO)CC1. The summed E-state index contributed by atoms with van der Waals surface area (Å²) in [4.78, 5) is 15.8. The van der Waals surface area contributed by atoms with Crippen LogP contribution < -0.4 is 5.32 Å². The first kappa shape index (κ1) is 14.5. The molecule has 1 aromatic carbocycles. The van der Waals surface area contributed by atoms with Crippen LogP contribution in [0.4, 0.5) is 0 Å². The molecule has 2 N–H and O–H groups in total. The lowest BCUT2D eigenvalue weighted by molar-refractivity contribution is -0.116. The van der Waals surface area contributed by atoms with Crippen LogP contribution >= 0.6 is 0 Å². The Morgan fingerprint density at radius 2 is 2.14 bits per heavy atom. The van der Waals surface area contributed by atoms with Crippen molar-refractivity contribution in [1.29, 1.82) is 0 Å². The van der Waals surface area contributed by atoms with Crippen molar-refractivity contribution in [2.75, 3.05) is 13.2 Å². The molecule has 0 unspecified atom stereocenters. The number of aliphatic hydroxyl groups is 1. The quantitative estimate of drug-likeness (QED) is 0.799. The van der Waals surface area contributed by atoms with E-state index in [2.05, 4.69) is 10.3 Å². The van der Waals surface area contributed by atoms with Crippen molar-refractivity contribution < 1.29 is 9.90 Å². The Morgan fingerprint density at radius 3 is 2.73 bits per heavy atom. The van der Waals surface area contributed by atoms with Gasteiger partial charge < -0.3 is 15.0 Å². The van der Waals surface area contributed by atoms with E-state index in [4.69, 9.17) is 0 Å². The maximum Gasteiger partial charge on any atom is 0.244 e. The molecule has 0 saturated heterocycles. The number of carbonyl (C=O) groups excluding carboxylic acids is 1. The molecule has 3 rings (SSSR count). The van der Waals surface area contributed by atoms with E-state index in [9.17, 15) is 9.90 Å². The molecule has 1 amide bonds. The van der Waals surface area contributed by atoms with Crippen molar-refractivity contribution in [3.63, 3.8) is 0 Å². The second-order valence-corrected chi connectivity index (χ2v) is 5.77. The van der Waals surface area contributed by atoms with Crippen LogP contribution in [0.3, 0.4) is 0 Å². The predicted molar refractivity (Wildman–Crippen MR) is 84.4 cm³/mol. The van der Waals surface area contributed by atoms with Gasteiger partial charge in [-0.1, -0.05) is 12.1 Å². The van der Waals surface area contributed by atoms with Crippen LogP contribution in [0.5, 0.6) is 0 Å². The number of nitrogens with one attached hydrogen (secondary N) is 1. The number of rotatable bonds is 6. The maximum absolute atomic E-state index is 11.8. The fraction of sp³-hybridized carbons (Fsp3) is 0.294. The molecular formula is C17H19N3O2. The first-order valence-corrected chi connectivity index (χ1v) is 7.36. The van der Waals surface area contributed by atoms with E-state index < -0.39 is 0 Å². The Bertz CT molecular complexity index is 656. The summed E-state index contributed by atoms with van der Waals surface area (Å²) in [5.74, 6) is -0.126. The highest BCUT2D eigenvalue weighted by atomic mass is 16.3. The smallest absolute Gasteiger partial charge is 0.244 e. The largest absolute Gasteiger partial charge is 0.396 e. The summed E-state index contributed by atoms with van der Waals surface area (Å²) in [7, 11) is 0. The number of imidazole rings is 1. The predicted octanol–water partition coefficient (Wildman–Crippen LogP) is 1.77. The fourth-order valence-electron chi connectivity index (χ4n) is 2.24. The number of aromatic nitrogens is 2. The number of benzene rings is 1. The van der Waals surface area contributed by atoms with Crippen molar-refractivity contribution in [3.05, 3.63) is 54.6 Å². The van der Waals surface area contributed by atoms with Crippen molar-refractivity contribution >= 4 is 12.0 Å². The third-order valence-electron chi connectivity index (χ3n) is 4.05. The van der Waals surface area contributed by atoms with Gasteiger partial charge in [0.25, 0.3) is 0 Å². The Morgan fingerprint density at radius 1 is 1.36 bits per heavy atom. The first-order chi connectivity index (χ1) is 10.7. The van der Waals surface area contributed by atoms with Crippen LogP contribution in [0.2, 0.25) is 0 Å². The Labute approximate surface area is 129 Å². The third kappa shape index (κ3) is 3.43. The lowest BCUT2D eigenvalue weighted by atomic mass is 10.1. The second-order valence-electron chi connectivity index (χ2n) is 5.77. The molecule has 5 heteroatoms. The number of carbonyl (C=O) groups is 1. The molecule has 1 heterocycles. The lowest BCUT2D eigenvalue weighted by Gasteiger charge is -2.11. The molecule has 0 radical (unpaired) electrons. The minimum absolute atomic E-state index is 0.0596. The molecule has 2 aromatic rings. The summed E-state index contributed by atoms with van der Waals surface area (Å²) in [6, 6.07) is 7.86. The number of amides is 1. The van der Waals surface area contributed by atoms with Gasteiger partial charge in [-0.05, 0) is 36.6 Å². The monoisotopic (exact) mass is 297 g/mol. The van der Waals surface area contributed by atoms with Crippen LogP contribution in [-0.2, 0) is 4.79 Å². The van der Waals surface area contributed by atoms with Crippen LogP contribution in [0.25, 0.3) is 11.8 Å². The van der Waals surface area contributed by atoms with Gasteiger partial charge in [0.05, 0.1) is 12.9 Å². The van der Waals surface area contributed by atoms with Crippen LogP contribution in [0.15, 0.2) is 49.1 Å². The lowest BCUT2D eigenvalue weighted by Crippen LogP contribution is -2.30. The zero-order valence-electron chi connectivity index (χ0n) is 12.3. The van der Waals surface area contributed by atoms with E-state index in [0.29, 0.717) is 6.54 Å². The molecule has 0 bridgehead atoms. The highest BCUT2D eigenvalue weighted by Crippen LogP contribution is 2.44. The minimum Gasteiger partial charge on any atom is -0.396 e. The molecule has 1 saturated carbocycles. The van der Waals surface area contributed by atoms with Gasteiger partial charge >= 0.3 is 0 Å². The average Bonchev–Trinajstić information content (AvgIpc) is 3.14. The van der Waals surface area contributed by atoms with E-state index in [0.717, 1.165) is 24.1 Å². The Hall–Kier alpha value is -2.40. The number of nitrogens with zero attached hydrogens (tertiary/aromatic N) is 2. The standard InChI is InChI=1S/C17H19N3O2/c21-12-17(7-8-17)11-19-16(22)6-3-14-1-4-15(5-2-14)20-10-9-18-13-20/h1-6,9-10,13,21H,7-8,11-12H2,(H,19,22)/b6-3+. The molecule has 0 atom stereocenters. The molecule has 114 valence electrons. The highest BCUT2D eigenvalue weighted by Gasteiger charge is 2.41. The molecular weight excluding hydrogens is 278 g/mol. The number of hydrogen-bond acceptors (Lipinski definition) is 3. The molecule has 22 heavy (non-hydrogen) atoms. The van der Waals surface area contributed by atoms with Crippen LogP contribution in [0, 0.1) is 5.41 Å². The summed E-state index contributed by atoms with van der Waals surface area (Å²) >= 11 is 0. The highest BCUT2D eigenvalue weighted by molar-refractivity contribution is 5.91. The topological polar surface area (TPSA) is 67.2 Å². The maximum atomic E-state index is 11.8. The molecule has 5 nitrogen and oxygen atoms in total. The van der Waals surface area contributed by atoms with Gasteiger partial charge in [-0.15, -0.1) is 0 Å². The van der Waals surface area contributed by atoms with Gasteiger partial charge in [-0.25, -0.2) is 4.98 Å². The van der Waals surface area contributed by atoms with E-state index >= 15 is 0 Å². The first-order valence-electron chi connectivity index (χ1n) is 7.36. The van der Waals surface area contributed by atoms with Gasteiger partial charge in [0.2, 0.25) is 5.91 Å². The summed E-state index contributed by atoms with van der Waals surface area (Å²) in [6.45, 7) is 0.693. The summed E-state index contributed by atoms with van der Waals surface area (Å²) in [6.07, 6.45) is 10.6. The zero-order valence-corrected chi connectivity index (χ0v) is 12.3. The summed E-state index contributed by atoms with van der Waals surface area (Å²) in [5, 5.41) is 12.0. The normalized spacial score (nSPS) is 15.9. The van der Waals surface area contributed by atoms with Gasteiger partial charge in [-0.2, -0.15) is 0 Å². The van der Waals surface area contributed by atoms with Crippen molar-refractivity contribution in [2.24, 2.45) is 5.41 Å². The number of aliphatic hydroxyl groups excluding tert-OH is 1. The summed E-state index contributed by atoms with van der Waals surface area (Å²) < 4.78 is 1.92. The molecule has 1 aliphatic carbocycles. The van der Waals surface area contributed by atoms with E-state index in [1.165, 1.54) is 6.08 Å². The van der Waals surface area contributed by atoms with Gasteiger partial charge in [-0.3, -0.25) is 4.79 Å². The molecule has 0 aliphatic heterocycles. The Kier molecular flexibility index (Phi) is 4.06. The van der Waals surface area contributed by atoms with E-state index in [-0.39, 0.29) is 17.9 Å². The fourth-order valence-corrected chi connectivity index (χ4v) is 2.24. The number of hydrogen-bond donors (Lipinski definition) is 2. The third-order valence-corrected chi connectivity index (χ3v) is 4.05. The van der Waals surface area contributed by atoms with Crippen molar-refractivity contribution in [3.8, 4) is 5.69 Å². The zero-order chi connectivity index (χ0) is 15.4. The van der Waals surface area contributed by atoms with Crippen molar-refractivity contribution in [2.45, 2.75) is 12.8 Å². The van der Waals surface area contributed by atoms with E-state index in [1.807, 2.05) is 35.0 Å². The molecule has 0 spiro atoms. The molecule has 1 fully saturated rings. The molecule has 1 aliphatic rings. The minimum atomic E-state index is -0.126. The van der Waals surface area contributed by atoms with Gasteiger partial charge in [0.15, 0.2) is 0 Å². The second kappa shape index (κ2) is 6.15. The Balaban J connectivity index is 1.55.